The van der Waals surface area contributed by atoms with Gasteiger partial charge in [-0.25, -0.2) is 0 Å². The van der Waals surface area contributed by atoms with Crippen LogP contribution in [-0.2, 0) is 4.79 Å². The Kier molecular flexibility index (Phi) is 5.19. The van der Waals surface area contributed by atoms with Gasteiger partial charge in [-0.3, -0.25) is 4.79 Å². The van der Waals surface area contributed by atoms with Crippen molar-refractivity contribution in [3.05, 3.63) is 51.8 Å². The van der Waals surface area contributed by atoms with Crippen molar-refractivity contribution in [2.75, 3.05) is 17.2 Å². The van der Waals surface area contributed by atoms with E-state index < -0.39 is 41.7 Å². The molecule has 1 heterocycles. The quantitative estimate of drug-likeness (QED) is 0.616. The summed E-state index contributed by atoms with van der Waals surface area (Å²) in [6.07, 6.45) is 0. The average Bonchev–Trinajstić information content (AvgIpc) is 2.49. The standard InChI is InChI=1S/C14H10BrF4N3O/c1-6-4-7(2-3-8(6)15)21-9(23)5-20-12-10(16)13(18)22-14(19)11(12)17/h2-4H,5H2,1H3,(H,20,22)(H,21,23). The molecule has 0 radical (unpaired) electrons. The van der Waals surface area contributed by atoms with Gasteiger partial charge in [0.25, 0.3) is 11.9 Å². The van der Waals surface area contributed by atoms with Crippen LogP contribution in [0.25, 0.3) is 0 Å². The fraction of sp³-hybridized carbons (Fsp3) is 0.143. The number of benzene rings is 1. The Labute approximate surface area is 137 Å². The third-order valence-corrected chi connectivity index (χ3v) is 3.75. The Morgan fingerprint density at radius 2 is 1.78 bits per heavy atom. The number of rotatable bonds is 4. The molecule has 0 saturated carbocycles. The molecule has 2 rings (SSSR count). The Morgan fingerprint density at radius 3 is 2.35 bits per heavy atom. The van der Waals surface area contributed by atoms with Crippen molar-refractivity contribution in [2.45, 2.75) is 6.92 Å². The molecule has 1 aromatic carbocycles. The van der Waals surface area contributed by atoms with E-state index in [0.29, 0.717) is 5.69 Å². The predicted molar refractivity (Wildman–Crippen MR) is 80.1 cm³/mol. The van der Waals surface area contributed by atoms with E-state index in [0.717, 1.165) is 10.0 Å². The summed E-state index contributed by atoms with van der Waals surface area (Å²) in [5, 5.41) is 4.50. The molecule has 2 aromatic rings. The van der Waals surface area contributed by atoms with Gasteiger partial charge in [0, 0.05) is 10.2 Å². The molecule has 0 unspecified atom stereocenters. The molecule has 0 atom stereocenters. The van der Waals surface area contributed by atoms with Gasteiger partial charge in [0.2, 0.25) is 17.5 Å². The van der Waals surface area contributed by atoms with Gasteiger partial charge >= 0.3 is 0 Å². The maximum absolute atomic E-state index is 13.4. The monoisotopic (exact) mass is 391 g/mol. The lowest BCUT2D eigenvalue weighted by Crippen LogP contribution is -2.23. The van der Waals surface area contributed by atoms with Gasteiger partial charge in [0.1, 0.15) is 5.69 Å². The largest absolute Gasteiger partial charge is 0.371 e. The summed E-state index contributed by atoms with van der Waals surface area (Å²) in [6, 6.07) is 5.00. The lowest BCUT2D eigenvalue weighted by molar-refractivity contribution is -0.114. The van der Waals surface area contributed by atoms with Crippen molar-refractivity contribution in [1.29, 1.82) is 0 Å². The number of nitrogens with zero attached hydrogens (tertiary/aromatic N) is 1. The first-order valence-electron chi connectivity index (χ1n) is 6.29. The van der Waals surface area contributed by atoms with E-state index in [4.69, 9.17) is 0 Å². The SMILES string of the molecule is Cc1cc(NC(=O)CNc2c(F)c(F)nc(F)c2F)ccc1Br. The number of carbonyl (C=O) groups excluding carboxylic acids is 1. The number of nitrogens with one attached hydrogen (secondary N) is 2. The topological polar surface area (TPSA) is 54.0 Å². The van der Waals surface area contributed by atoms with E-state index in [1.54, 1.807) is 18.2 Å². The van der Waals surface area contributed by atoms with Crippen LogP contribution in [0.4, 0.5) is 28.9 Å². The number of hydrogen-bond donors (Lipinski definition) is 2. The van der Waals surface area contributed by atoms with E-state index in [2.05, 4.69) is 26.2 Å². The van der Waals surface area contributed by atoms with E-state index in [-0.39, 0.29) is 0 Å². The first kappa shape index (κ1) is 17.2. The Bertz CT molecular complexity index is 744. The number of carbonyl (C=O) groups is 1. The smallest absolute Gasteiger partial charge is 0.253 e. The van der Waals surface area contributed by atoms with Crippen molar-refractivity contribution in [1.82, 2.24) is 4.98 Å². The minimum absolute atomic E-state index is 0.463. The summed E-state index contributed by atoms with van der Waals surface area (Å²) >= 11 is 3.30. The minimum Gasteiger partial charge on any atom is -0.371 e. The molecule has 122 valence electrons. The second-order valence-electron chi connectivity index (χ2n) is 4.56. The van der Waals surface area contributed by atoms with Gasteiger partial charge in [-0.1, -0.05) is 15.9 Å². The third kappa shape index (κ3) is 3.98. The number of pyridine rings is 1. The van der Waals surface area contributed by atoms with Gasteiger partial charge in [-0.15, -0.1) is 0 Å². The maximum Gasteiger partial charge on any atom is 0.253 e. The zero-order chi connectivity index (χ0) is 17.1. The zero-order valence-corrected chi connectivity index (χ0v) is 13.3. The van der Waals surface area contributed by atoms with Crippen LogP contribution in [0.5, 0.6) is 0 Å². The van der Waals surface area contributed by atoms with Gasteiger partial charge < -0.3 is 10.6 Å². The van der Waals surface area contributed by atoms with E-state index in [9.17, 15) is 22.4 Å². The summed E-state index contributed by atoms with van der Waals surface area (Å²) < 4.78 is 53.5. The lowest BCUT2D eigenvalue weighted by atomic mass is 10.2. The van der Waals surface area contributed by atoms with Gasteiger partial charge in [0.15, 0.2) is 0 Å². The number of aryl methyl sites for hydroxylation is 1. The molecule has 1 aromatic heterocycles. The van der Waals surface area contributed by atoms with Crippen LogP contribution in [-0.4, -0.2) is 17.4 Å². The Hall–Kier alpha value is -2.16. The first-order chi connectivity index (χ1) is 10.8. The number of anilines is 2. The van der Waals surface area contributed by atoms with Crippen LogP contribution in [0.2, 0.25) is 0 Å². The maximum atomic E-state index is 13.4. The van der Waals surface area contributed by atoms with Gasteiger partial charge in [-0.2, -0.15) is 22.5 Å². The molecule has 9 heteroatoms. The Morgan fingerprint density at radius 1 is 1.17 bits per heavy atom. The highest BCUT2D eigenvalue weighted by Gasteiger charge is 2.21. The van der Waals surface area contributed by atoms with Crippen molar-refractivity contribution in [2.24, 2.45) is 0 Å². The first-order valence-corrected chi connectivity index (χ1v) is 7.08. The molecule has 0 spiro atoms. The van der Waals surface area contributed by atoms with E-state index in [1.165, 1.54) is 0 Å². The van der Waals surface area contributed by atoms with Crippen LogP contribution in [0.1, 0.15) is 5.56 Å². The molecule has 2 N–H and O–H groups in total. The molecule has 0 bridgehead atoms. The number of amides is 1. The Balaban J connectivity index is 2.06. The van der Waals surface area contributed by atoms with E-state index >= 15 is 0 Å². The number of halogens is 5. The normalized spacial score (nSPS) is 10.5. The van der Waals surface area contributed by atoms with Gasteiger partial charge in [0.05, 0.1) is 6.54 Å². The molecule has 0 fully saturated rings. The second kappa shape index (κ2) is 6.95. The highest BCUT2D eigenvalue weighted by molar-refractivity contribution is 9.10. The van der Waals surface area contributed by atoms with Crippen LogP contribution in [0.3, 0.4) is 0 Å². The van der Waals surface area contributed by atoms with Crippen molar-refractivity contribution >= 4 is 33.2 Å². The van der Waals surface area contributed by atoms with Crippen molar-refractivity contribution in [3.63, 3.8) is 0 Å². The van der Waals surface area contributed by atoms with Gasteiger partial charge in [-0.05, 0) is 30.7 Å². The van der Waals surface area contributed by atoms with Crippen LogP contribution in [0.15, 0.2) is 22.7 Å². The number of aromatic nitrogens is 1. The highest BCUT2D eigenvalue weighted by Crippen LogP contribution is 2.22. The summed E-state index contributed by atoms with van der Waals surface area (Å²) in [5.74, 6) is -7.64. The second-order valence-corrected chi connectivity index (χ2v) is 5.42. The van der Waals surface area contributed by atoms with Crippen LogP contribution in [0, 0.1) is 30.5 Å². The summed E-state index contributed by atoms with van der Waals surface area (Å²) in [5.41, 5.74) is 0.244. The molecular weight excluding hydrogens is 382 g/mol. The fourth-order valence-corrected chi connectivity index (χ4v) is 1.99. The van der Waals surface area contributed by atoms with E-state index in [1.807, 2.05) is 12.2 Å². The minimum atomic E-state index is -1.80. The molecule has 0 aliphatic heterocycles. The zero-order valence-electron chi connectivity index (χ0n) is 11.7. The van der Waals surface area contributed by atoms with Crippen molar-refractivity contribution < 1.29 is 22.4 Å². The predicted octanol–water partition coefficient (Wildman–Crippen LogP) is 3.76. The molecule has 0 saturated heterocycles. The van der Waals surface area contributed by atoms with Crippen LogP contribution < -0.4 is 10.6 Å². The summed E-state index contributed by atoms with van der Waals surface area (Å²) in [6.45, 7) is 1.22. The molecule has 4 nitrogen and oxygen atoms in total. The molecule has 0 aliphatic carbocycles. The molecule has 0 aliphatic rings. The highest BCUT2D eigenvalue weighted by atomic mass is 79.9. The molecule has 1 amide bonds. The lowest BCUT2D eigenvalue weighted by Gasteiger charge is -2.10. The number of hydrogen-bond acceptors (Lipinski definition) is 3. The average molecular weight is 392 g/mol. The van der Waals surface area contributed by atoms with Crippen LogP contribution >= 0.6 is 15.9 Å². The summed E-state index contributed by atoms with van der Waals surface area (Å²) in [7, 11) is 0. The fourth-order valence-electron chi connectivity index (χ4n) is 1.74. The summed E-state index contributed by atoms with van der Waals surface area (Å²) in [4.78, 5) is 14.2. The molecular formula is C14H10BrF4N3O. The third-order valence-electron chi connectivity index (χ3n) is 2.86. The molecule has 23 heavy (non-hydrogen) atoms. The van der Waals surface area contributed by atoms with Crippen molar-refractivity contribution in [3.8, 4) is 0 Å².